The molecule has 2 saturated heterocycles. The minimum atomic E-state index is 0.0524. The molecule has 0 saturated carbocycles. The van der Waals surface area contributed by atoms with E-state index >= 15 is 0 Å². The highest BCUT2D eigenvalue weighted by atomic mass is 16.5. The van der Waals surface area contributed by atoms with Crippen LogP contribution in [0.4, 0.5) is 0 Å². The Morgan fingerprint density at radius 1 is 1.57 bits per heavy atom. The molecule has 0 aromatic heterocycles. The number of carbonyl (C=O) groups is 1. The Balaban J connectivity index is 1.78. The zero-order chi connectivity index (χ0) is 9.97. The van der Waals surface area contributed by atoms with Gasteiger partial charge in [0, 0.05) is 25.4 Å². The summed E-state index contributed by atoms with van der Waals surface area (Å²) in [6, 6.07) is 2.21. The van der Waals surface area contributed by atoms with E-state index in [0.29, 0.717) is 18.9 Å². The Morgan fingerprint density at radius 3 is 2.86 bits per heavy atom. The lowest BCUT2D eigenvalue weighted by atomic mass is 10.0. The molecule has 0 radical (unpaired) electrons. The number of likely N-dealkylation sites (tertiary alicyclic amines) is 1. The van der Waals surface area contributed by atoms with Crippen molar-refractivity contribution in [2.24, 2.45) is 11.8 Å². The molecule has 14 heavy (non-hydrogen) atoms. The smallest absolute Gasteiger partial charge is 0.223 e. The molecule has 0 spiro atoms. The standard InChI is InChI=1S/C10H14N2O2/c11-4-8-1-2-12(5-8)10(13)3-9-6-14-7-9/h8-9H,1-3,5-7H2. The molecule has 2 rings (SSSR count). The van der Waals surface area contributed by atoms with Crippen molar-refractivity contribution in [1.82, 2.24) is 4.90 Å². The first-order chi connectivity index (χ1) is 6.79. The van der Waals surface area contributed by atoms with Crippen molar-refractivity contribution in [3.63, 3.8) is 0 Å². The first kappa shape index (κ1) is 9.47. The molecule has 1 atom stereocenters. The van der Waals surface area contributed by atoms with Crippen molar-refractivity contribution >= 4 is 5.91 Å². The summed E-state index contributed by atoms with van der Waals surface area (Å²) in [5, 5.41) is 8.70. The van der Waals surface area contributed by atoms with Crippen LogP contribution < -0.4 is 0 Å². The van der Waals surface area contributed by atoms with Crippen molar-refractivity contribution in [3.8, 4) is 6.07 Å². The molecular formula is C10H14N2O2. The van der Waals surface area contributed by atoms with E-state index < -0.39 is 0 Å². The maximum absolute atomic E-state index is 11.7. The molecule has 2 fully saturated rings. The molecule has 4 heteroatoms. The molecule has 76 valence electrons. The summed E-state index contributed by atoms with van der Waals surface area (Å²) in [5.41, 5.74) is 0. The van der Waals surface area contributed by atoms with E-state index in [1.54, 1.807) is 0 Å². The van der Waals surface area contributed by atoms with Crippen LogP contribution in [0.2, 0.25) is 0 Å². The summed E-state index contributed by atoms with van der Waals surface area (Å²) in [7, 11) is 0. The summed E-state index contributed by atoms with van der Waals surface area (Å²) in [6.45, 7) is 2.83. The van der Waals surface area contributed by atoms with Gasteiger partial charge in [0.2, 0.25) is 5.91 Å². The van der Waals surface area contributed by atoms with E-state index in [2.05, 4.69) is 6.07 Å². The van der Waals surface area contributed by atoms with Gasteiger partial charge >= 0.3 is 0 Å². The van der Waals surface area contributed by atoms with Gasteiger partial charge < -0.3 is 9.64 Å². The van der Waals surface area contributed by atoms with Crippen molar-refractivity contribution in [2.45, 2.75) is 12.8 Å². The maximum Gasteiger partial charge on any atom is 0.223 e. The van der Waals surface area contributed by atoms with Crippen LogP contribution in [0.1, 0.15) is 12.8 Å². The molecule has 4 nitrogen and oxygen atoms in total. The molecular weight excluding hydrogens is 180 g/mol. The lowest BCUT2D eigenvalue weighted by Gasteiger charge is -2.27. The number of rotatable bonds is 2. The third-order valence-corrected chi connectivity index (χ3v) is 2.89. The minimum Gasteiger partial charge on any atom is -0.381 e. The van der Waals surface area contributed by atoms with E-state index in [0.717, 1.165) is 26.2 Å². The zero-order valence-corrected chi connectivity index (χ0v) is 8.11. The third kappa shape index (κ3) is 1.88. The van der Waals surface area contributed by atoms with E-state index in [-0.39, 0.29) is 11.8 Å². The molecule has 0 bridgehead atoms. The van der Waals surface area contributed by atoms with E-state index in [1.807, 2.05) is 4.90 Å². The van der Waals surface area contributed by atoms with E-state index in [4.69, 9.17) is 10.00 Å². The SMILES string of the molecule is N#CC1CCN(C(=O)CC2COC2)C1. The third-order valence-electron chi connectivity index (χ3n) is 2.89. The fourth-order valence-corrected chi connectivity index (χ4v) is 1.87. The quantitative estimate of drug-likeness (QED) is 0.639. The van der Waals surface area contributed by atoms with Crippen LogP contribution in [0.5, 0.6) is 0 Å². The van der Waals surface area contributed by atoms with Crippen LogP contribution in [0, 0.1) is 23.2 Å². The van der Waals surface area contributed by atoms with Crippen LogP contribution in [-0.4, -0.2) is 37.1 Å². The van der Waals surface area contributed by atoms with Crippen molar-refractivity contribution < 1.29 is 9.53 Å². The van der Waals surface area contributed by atoms with Crippen LogP contribution in [0.25, 0.3) is 0 Å². The highest BCUT2D eigenvalue weighted by molar-refractivity contribution is 5.76. The van der Waals surface area contributed by atoms with Crippen molar-refractivity contribution in [2.75, 3.05) is 26.3 Å². The summed E-state index contributed by atoms with van der Waals surface area (Å²) in [5.74, 6) is 0.663. The minimum absolute atomic E-state index is 0.0524. The molecule has 0 N–H and O–H groups in total. The van der Waals surface area contributed by atoms with Gasteiger partial charge in [0.15, 0.2) is 0 Å². The second-order valence-electron chi connectivity index (χ2n) is 4.06. The first-order valence-corrected chi connectivity index (χ1v) is 5.04. The highest BCUT2D eigenvalue weighted by Crippen LogP contribution is 2.20. The second kappa shape index (κ2) is 3.97. The predicted octanol–water partition coefficient (Wildman–Crippen LogP) is 0.395. The van der Waals surface area contributed by atoms with Gasteiger partial charge in [-0.25, -0.2) is 0 Å². The van der Waals surface area contributed by atoms with Gasteiger partial charge in [-0.05, 0) is 6.42 Å². The van der Waals surface area contributed by atoms with E-state index in [9.17, 15) is 4.79 Å². The topological polar surface area (TPSA) is 53.3 Å². The highest BCUT2D eigenvalue weighted by Gasteiger charge is 2.29. The molecule has 0 aliphatic carbocycles. The fourth-order valence-electron chi connectivity index (χ4n) is 1.87. The van der Waals surface area contributed by atoms with Crippen LogP contribution >= 0.6 is 0 Å². The number of ether oxygens (including phenoxy) is 1. The monoisotopic (exact) mass is 194 g/mol. The van der Waals surface area contributed by atoms with Gasteiger partial charge in [-0.1, -0.05) is 0 Å². The first-order valence-electron chi connectivity index (χ1n) is 5.04. The van der Waals surface area contributed by atoms with Gasteiger partial charge in [0.1, 0.15) is 0 Å². The summed E-state index contributed by atoms with van der Waals surface area (Å²) in [6.07, 6.45) is 1.43. The Hall–Kier alpha value is -1.08. The largest absolute Gasteiger partial charge is 0.381 e. The van der Waals surface area contributed by atoms with Crippen LogP contribution in [-0.2, 0) is 9.53 Å². The normalized spacial score (nSPS) is 27.1. The van der Waals surface area contributed by atoms with Gasteiger partial charge in [0.25, 0.3) is 0 Å². The number of nitriles is 1. The summed E-state index contributed by atoms with van der Waals surface area (Å²) in [4.78, 5) is 13.5. The van der Waals surface area contributed by atoms with Gasteiger partial charge in [-0.15, -0.1) is 0 Å². The Bertz CT molecular complexity index is 268. The average molecular weight is 194 g/mol. The van der Waals surface area contributed by atoms with Crippen molar-refractivity contribution in [3.05, 3.63) is 0 Å². The maximum atomic E-state index is 11.7. The molecule has 1 amide bonds. The predicted molar refractivity (Wildman–Crippen MR) is 49.2 cm³/mol. The number of amides is 1. The van der Waals surface area contributed by atoms with Crippen LogP contribution in [0.3, 0.4) is 0 Å². The number of carbonyl (C=O) groups excluding carboxylic acids is 1. The van der Waals surface area contributed by atoms with Gasteiger partial charge in [0.05, 0.1) is 25.2 Å². The van der Waals surface area contributed by atoms with Gasteiger partial charge in [-0.2, -0.15) is 5.26 Å². The lowest BCUT2D eigenvalue weighted by molar-refractivity contribution is -0.135. The number of nitrogens with zero attached hydrogens (tertiary/aromatic N) is 2. The number of hydrogen-bond donors (Lipinski definition) is 0. The lowest BCUT2D eigenvalue weighted by Crippen LogP contribution is -2.36. The molecule has 0 aromatic rings. The fraction of sp³-hybridized carbons (Fsp3) is 0.800. The summed E-state index contributed by atoms with van der Waals surface area (Å²) >= 11 is 0. The Labute approximate surface area is 83.4 Å². The second-order valence-corrected chi connectivity index (χ2v) is 4.06. The molecule has 1 unspecified atom stereocenters. The van der Waals surface area contributed by atoms with Crippen LogP contribution in [0.15, 0.2) is 0 Å². The Kier molecular flexibility index (Phi) is 2.69. The summed E-state index contributed by atoms with van der Waals surface area (Å²) < 4.78 is 5.02. The van der Waals surface area contributed by atoms with Crippen molar-refractivity contribution in [1.29, 1.82) is 5.26 Å². The molecule has 2 aliphatic heterocycles. The van der Waals surface area contributed by atoms with Gasteiger partial charge in [-0.3, -0.25) is 4.79 Å². The molecule has 2 heterocycles. The molecule has 0 aromatic carbocycles. The zero-order valence-electron chi connectivity index (χ0n) is 8.11. The number of hydrogen-bond acceptors (Lipinski definition) is 3. The average Bonchev–Trinajstić information content (AvgIpc) is 2.59. The van der Waals surface area contributed by atoms with E-state index in [1.165, 1.54) is 0 Å². The Morgan fingerprint density at radius 2 is 2.36 bits per heavy atom. The molecule has 2 aliphatic rings.